The molecule has 5 rings (SSSR count). The maximum atomic E-state index is 12.1. The lowest BCUT2D eigenvalue weighted by molar-refractivity contribution is 0.249. The lowest BCUT2D eigenvalue weighted by atomic mass is 10.1. The van der Waals surface area contributed by atoms with Gasteiger partial charge in [-0.05, 0) is 36.2 Å². The van der Waals surface area contributed by atoms with E-state index in [2.05, 4.69) is 58.9 Å². The van der Waals surface area contributed by atoms with Crippen molar-refractivity contribution in [2.24, 2.45) is 0 Å². The van der Waals surface area contributed by atoms with Gasteiger partial charge in [0.15, 0.2) is 0 Å². The monoisotopic (exact) mass is 417 g/mol. The summed E-state index contributed by atoms with van der Waals surface area (Å²) in [6, 6.07) is 8.30. The van der Waals surface area contributed by atoms with E-state index in [0.717, 1.165) is 66.3 Å². The number of imidazole rings is 1. The highest BCUT2D eigenvalue weighted by atomic mass is 16.1. The van der Waals surface area contributed by atoms with E-state index in [4.69, 9.17) is 0 Å². The van der Waals surface area contributed by atoms with Crippen LogP contribution in [0.2, 0.25) is 0 Å². The van der Waals surface area contributed by atoms with Crippen molar-refractivity contribution in [3.63, 3.8) is 0 Å². The first-order chi connectivity index (χ1) is 15.1. The van der Waals surface area contributed by atoms with Crippen molar-refractivity contribution < 1.29 is 0 Å². The molecule has 0 amide bonds. The molecule has 0 aliphatic carbocycles. The molecule has 0 atom stereocenters. The number of nitrogens with one attached hydrogen (secondary N) is 2. The highest BCUT2D eigenvalue weighted by molar-refractivity contribution is 5.74. The molecule has 8 nitrogen and oxygen atoms in total. The molecule has 1 aliphatic rings. The average Bonchev–Trinajstić information content (AvgIpc) is 3.21. The predicted molar refractivity (Wildman–Crippen MR) is 124 cm³/mol. The van der Waals surface area contributed by atoms with Gasteiger partial charge in [-0.15, -0.1) is 0 Å². The van der Waals surface area contributed by atoms with Crippen molar-refractivity contribution in [2.45, 2.75) is 19.9 Å². The highest BCUT2D eigenvalue weighted by Gasteiger charge is 2.18. The number of rotatable bonds is 5. The molecule has 2 N–H and O–H groups in total. The standard InChI is InChI=1S/C23H27N7O/c1-3-17-11-20-21(27-22(17)31)10-16(13-25-20)15-28-6-8-29(9-7-28)18-4-5-30-19(12-18)14-26-23(30)24-2/h4-5,10-14H,3,6-9,15H2,1-2H3,(H,24,26)(H,27,31). The van der Waals surface area contributed by atoms with Crippen LogP contribution in [0.5, 0.6) is 0 Å². The van der Waals surface area contributed by atoms with Gasteiger partial charge in [-0.25, -0.2) is 4.98 Å². The van der Waals surface area contributed by atoms with E-state index in [1.165, 1.54) is 5.69 Å². The number of nitrogens with zero attached hydrogens (tertiary/aromatic N) is 5. The first-order valence-electron chi connectivity index (χ1n) is 10.8. The van der Waals surface area contributed by atoms with Crippen molar-refractivity contribution in [2.75, 3.05) is 43.4 Å². The molecule has 4 aromatic heterocycles. The molecule has 0 saturated carbocycles. The zero-order chi connectivity index (χ0) is 21.4. The van der Waals surface area contributed by atoms with E-state index in [9.17, 15) is 4.79 Å². The number of aromatic amines is 1. The molecule has 8 heteroatoms. The summed E-state index contributed by atoms with van der Waals surface area (Å²) in [5, 5.41) is 3.10. The Balaban J connectivity index is 1.26. The summed E-state index contributed by atoms with van der Waals surface area (Å²) in [6.45, 7) is 6.73. The summed E-state index contributed by atoms with van der Waals surface area (Å²) in [6.07, 6.45) is 6.61. The normalized spacial score (nSPS) is 15.1. The molecular weight excluding hydrogens is 390 g/mol. The Hall–Kier alpha value is -3.39. The van der Waals surface area contributed by atoms with Crippen LogP contribution in [0.25, 0.3) is 16.6 Å². The fourth-order valence-corrected chi connectivity index (χ4v) is 4.31. The lowest BCUT2D eigenvalue weighted by Crippen LogP contribution is -2.46. The first-order valence-corrected chi connectivity index (χ1v) is 10.8. The summed E-state index contributed by atoms with van der Waals surface area (Å²) in [5.74, 6) is 0.850. The molecule has 160 valence electrons. The summed E-state index contributed by atoms with van der Waals surface area (Å²) in [4.78, 5) is 28.9. The Kier molecular flexibility index (Phi) is 5.07. The maximum absolute atomic E-state index is 12.1. The summed E-state index contributed by atoms with van der Waals surface area (Å²) >= 11 is 0. The number of H-pyrrole nitrogens is 1. The third-order valence-electron chi connectivity index (χ3n) is 6.09. The fraction of sp³-hybridized carbons (Fsp3) is 0.348. The summed E-state index contributed by atoms with van der Waals surface area (Å²) in [5.41, 5.74) is 5.87. The topological polar surface area (TPSA) is 81.6 Å². The smallest absolute Gasteiger partial charge is 0.251 e. The van der Waals surface area contributed by atoms with Gasteiger partial charge in [0.2, 0.25) is 5.95 Å². The number of piperazine rings is 1. The van der Waals surface area contributed by atoms with Crippen LogP contribution >= 0.6 is 0 Å². The van der Waals surface area contributed by atoms with E-state index in [0.29, 0.717) is 6.42 Å². The number of anilines is 2. The van der Waals surface area contributed by atoms with Gasteiger partial charge in [0.05, 0.1) is 22.7 Å². The number of aromatic nitrogens is 4. The number of hydrogen-bond donors (Lipinski definition) is 2. The molecule has 1 aliphatic heterocycles. The highest BCUT2D eigenvalue weighted by Crippen LogP contribution is 2.22. The minimum atomic E-state index is -0.0143. The minimum absolute atomic E-state index is 0.0143. The Labute approximate surface area is 180 Å². The van der Waals surface area contributed by atoms with Crippen LogP contribution in [0.3, 0.4) is 0 Å². The van der Waals surface area contributed by atoms with Crippen LogP contribution in [0.4, 0.5) is 11.6 Å². The van der Waals surface area contributed by atoms with Crippen LogP contribution < -0.4 is 15.8 Å². The van der Waals surface area contributed by atoms with Gasteiger partial charge in [0.25, 0.3) is 5.56 Å². The average molecular weight is 418 g/mol. The fourth-order valence-electron chi connectivity index (χ4n) is 4.31. The van der Waals surface area contributed by atoms with Gasteiger partial charge in [-0.1, -0.05) is 6.92 Å². The van der Waals surface area contributed by atoms with Crippen molar-refractivity contribution in [3.8, 4) is 0 Å². The molecule has 0 spiro atoms. The number of pyridine rings is 3. The molecule has 0 aromatic carbocycles. The van der Waals surface area contributed by atoms with E-state index in [1.54, 1.807) is 0 Å². The number of hydrogen-bond acceptors (Lipinski definition) is 6. The van der Waals surface area contributed by atoms with Crippen LogP contribution in [0, 0.1) is 0 Å². The van der Waals surface area contributed by atoms with E-state index < -0.39 is 0 Å². The van der Waals surface area contributed by atoms with Crippen molar-refractivity contribution >= 4 is 28.2 Å². The molecule has 1 fully saturated rings. The summed E-state index contributed by atoms with van der Waals surface area (Å²) < 4.78 is 2.06. The number of aryl methyl sites for hydroxylation is 1. The van der Waals surface area contributed by atoms with Gasteiger partial charge in [-0.2, -0.15) is 0 Å². The Morgan fingerprint density at radius 1 is 1.10 bits per heavy atom. The van der Waals surface area contributed by atoms with Crippen LogP contribution in [-0.4, -0.2) is 57.5 Å². The van der Waals surface area contributed by atoms with Gasteiger partial charge in [-0.3, -0.25) is 19.1 Å². The lowest BCUT2D eigenvalue weighted by Gasteiger charge is -2.36. The van der Waals surface area contributed by atoms with Gasteiger partial charge in [0, 0.05) is 63.4 Å². The van der Waals surface area contributed by atoms with Gasteiger partial charge >= 0.3 is 0 Å². The SMILES string of the molecule is CCc1cc2ncc(CN3CCN(c4ccn5c(NC)ncc5c4)CC3)cc2[nH]c1=O. The van der Waals surface area contributed by atoms with Crippen molar-refractivity contribution in [3.05, 3.63) is 64.3 Å². The van der Waals surface area contributed by atoms with Gasteiger partial charge < -0.3 is 15.2 Å². The Bertz CT molecular complexity index is 1280. The molecule has 1 saturated heterocycles. The predicted octanol–water partition coefficient (Wildman–Crippen LogP) is 2.50. The second kappa shape index (κ2) is 8.03. The molecular formula is C23H27N7O. The molecule has 0 unspecified atom stereocenters. The van der Waals surface area contributed by atoms with Crippen molar-refractivity contribution in [1.82, 2.24) is 24.3 Å². The zero-order valence-electron chi connectivity index (χ0n) is 17.9. The Morgan fingerprint density at radius 3 is 2.71 bits per heavy atom. The minimum Gasteiger partial charge on any atom is -0.369 e. The molecule has 4 aromatic rings. The quantitative estimate of drug-likeness (QED) is 0.519. The van der Waals surface area contributed by atoms with Crippen LogP contribution in [0.15, 0.2) is 47.7 Å². The van der Waals surface area contributed by atoms with Crippen LogP contribution in [-0.2, 0) is 13.0 Å². The molecule has 31 heavy (non-hydrogen) atoms. The second-order valence-electron chi connectivity index (χ2n) is 8.03. The third kappa shape index (κ3) is 3.74. The Morgan fingerprint density at radius 2 is 1.94 bits per heavy atom. The largest absolute Gasteiger partial charge is 0.369 e. The second-order valence-corrected chi connectivity index (χ2v) is 8.03. The van der Waals surface area contributed by atoms with Crippen molar-refractivity contribution in [1.29, 1.82) is 0 Å². The first kappa shape index (κ1) is 19.6. The van der Waals surface area contributed by atoms with E-state index >= 15 is 0 Å². The molecule has 0 bridgehead atoms. The van der Waals surface area contributed by atoms with E-state index in [-0.39, 0.29) is 5.56 Å². The molecule has 5 heterocycles. The maximum Gasteiger partial charge on any atom is 0.251 e. The summed E-state index contributed by atoms with van der Waals surface area (Å²) in [7, 11) is 1.88. The van der Waals surface area contributed by atoms with Gasteiger partial charge in [0.1, 0.15) is 0 Å². The third-order valence-corrected chi connectivity index (χ3v) is 6.09. The molecule has 0 radical (unpaired) electrons. The van der Waals surface area contributed by atoms with Crippen LogP contribution in [0.1, 0.15) is 18.1 Å². The zero-order valence-corrected chi connectivity index (χ0v) is 17.9. The van der Waals surface area contributed by atoms with E-state index in [1.807, 2.05) is 32.4 Å². The number of fused-ring (bicyclic) bond motifs is 2.